The molecular weight excluding hydrogens is 212 g/mol. The Bertz CT molecular complexity index is 204. The Morgan fingerprint density at radius 2 is 2.24 bits per heavy atom. The van der Waals surface area contributed by atoms with E-state index >= 15 is 0 Å². The van der Waals surface area contributed by atoms with Crippen LogP contribution in [0.1, 0.15) is 45.4 Å². The first-order valence-electron chi connectivity index (χ1n) is 7.46. The van der Waals surface area contributed by atoms with Gasteiger partial charge in [-0.2, -0.15) is 0 Å². The normalized spacial score (nSPS) is 32.3. The van der Waals surface area contributed by atoms with Crippen molar-refractivity contribution >= 4 is 0 Å². The Hall–Kier alpha value is -0.120. The van der Waals surface area contributed by atoms with Crippen molar-refractivity contribution in [1.82, 2.24) is 10.2 Å². The Labute approximate surface area is 106 Å². The van der Waals surface area contributed by atoms with Crippen molar-refractivity contribution in [3.8, 4) is 0 Å². The van der Waals surface area contributed by atoms with Crippen LogP contribution < -0.4 is 5.32 Å². The van der Waals surface area contributed by atoms with Crippen molar-refractivity contribution in [2.45, 2.75) is 57.6 Å². The number of hydrogen-bond donors (Lipinski definition) is 1. The molecule has 2 rings (SSSR count). The summed E-state index contributed by atoms with van der Waals surface area (Å²) in [5.41, 5.74) is 0. The number of rotatable bonds is 4. The third kappa shape index (κ3) is 4.57. The lowest BCUT2D eigenvalue weighted by atomic mass is 10.1. The van der Waals surface area contributed by atoms with Gasteiger partial charge in [-0.15, -0.1) is 0 Å². The smallest absolute Gasteiger partial charge is 0.0702 e. The molecule has 2 fully saturated rings. The molecule has 2 heterocycles. The fraction of sp³-hybridized carbons (Fsp3) is 1.00. The van der Waals surface area contributed by atoms with E-state index in [0.29, 0.717) is 12.1 Å². The van der Waals surface area contributed by atoms with Gasteiger partial charge >= 0.3 is 0 Å². The number of nitrogens with one attached hydrogen (secondary N) is 1. The van der Waals surface area contributed by atoms with Crippen LogP contribution in [0.4, 0.5) is 0 Å². The maximum atomic E-state index is 5.85. The van der Waals surface area contributed by atoms with Crippen molar-refractivity contribution in [1.29, 1.82) is 0 Å². The standard InChI is InChI=1S/C14H28N2O/c1-2-6-13-11-16(9-5-8-15-13)12-14-7-3-4-10-17-14/h13-15H,2-12H2,1H3. The molecule has 2 atom stereocenters. The van der Waals surface area contributed by atoms with E-state index in [1.165, 1.54) is 58.2 Å². The summed E-state index contributed by atoms with van der Waals surface area (Å²) in [6, 6.07) is 0.700. The van der Waals surface area contributed by atoms with Crippen molar-refractivity contribution in [2.24, 2.45) is 0 Å². The molecule has 2 unspecified atom stereocenters. The molecule has 0 aromatic heterocycles. The van der Waals surface area contributed by atoms with Gasteiger partial charge in [-0.1, -0.05) is 13.3 Å². The summed E-state index contributed by atoms with van der Waals surface area (Å²) >= 11 is 0. The second-order valence-corrected chi connectivity index (χ2v) is 5.54. The van der Waals surface area contributed by atoms with Gasteiger partial charge in [0, 0.05) is 25.7 Å². The Morgan fingerprint density at radius 1 is 1.29 bits per heavy atom. The summed E-state index contributed by atoms with van der Waals surface area (Å²) in [4.78, 5) is 2.62. The van der Waals surface area contributed by atoms with Gasteiger partial charge in [0.1, 0.15) is 0 Å². The first kappa shape index (κ1) is 13.3. The first-order chi connectivity index (χ1) is 8.38. The monoisotopic (exact) mass is 240 g/mol. The van der Waals surface area contributed by atoms with E-state index in [0.717, 1.165) is 13.2 Å². The Morgan fingerprint density at radius 3 is 3.00 bits per heavy atom. The number of ether oxygens (including phenoxy) is 1. The molecular formula is C14H28N2O. The van der Waals surface area contributed by atoms with Gasteiger partial charge in [0.05, 0.1) is 6.10 Å². The fourth-order valence-corrected chi connectivity index (χ4v) is 3.02. The SMILES string of the molecule is CCCC1CN(CC2CCCCO2)CCCN1. The summed E-state index contributed by atoms with van der Waals surface area (Å²) in [6.07, 6.45) is 8.26. The summed E-state index contributed by atoms with van der Waals surface area (Å²) in [6.45, 7) is 8.06. The molecule has 0 aromatic rings. The number of hydrogen-bond acceptors (Lipinski definition) is 3. The van der Waals surface area contributed by atoms with Crippen LogP contribution >= 0.6 is 0 Å². The van der Waals surface area contributed by atoms with Crippen LogP contribution in [0.2, 0.25) is 0 Å². The molecule has 0 aromatic carbocycles. The second-order valence-electron chi connectivity index (χ2n) is 5.54. The predicted octanol–water partition coefficient (Wildman–Crippen LogP) is 2.02. The average molecular weight is 240 g/mol. The average Bonchev–Trinajstić information content (AvgIpc) is 2.56. The molecule has 0 saturated carbocycles. The van der Waals surface area contributed by atoms with E-state index in [-0.39, 0.29) is 0 Å². The van der Waals surface area contributed by atoms with E-state index in [4.69, 9.17) is 4.74 Å². The molecule has 0 spiro atoms. The summed E-state index contributed by atoms with van der Waals surface area (Å²) < 4.78 is 5.85. The van der Waals surface area contributed by atoms with Crippen molar-refractivity contribution < 1.29 is 4.74 Å². The topological polar surface area (TPSA) is 24.5 Å². The fourth-order valence-electron chi connectivity index (χ4n) is 3.02. The Kier molecular flexibility index (Phi) is 5.75. The first-order valence-corrected chi connectivity index (χ1v) is 7.46. The molecule has 3 nitrogen and oxygen atoms in total. The van der Waals surface area contributed by atoms with E-state index in [1.807, 2.05) is 0 Å². The summed E-state index contributed by atoms with van der Waals surface area (Å²) in [5.74, 6) is 0. The quantitative estimate of drug-likeness (QED) is 0.813. The van der Waals surface area contributed by atoms with Crippen LogP contribution in [0.15, 0.2) is 0 Å². The van der Waals surface area contributed by atoms with Crippen LogP contribution in [-0.2, 0) is 4.74 Å². The van der Waals surface area contributed by atoms with Crippen LogP contribution in [0.5, 0.6) is 0 Å². The van der Waals surface area contributed by atoms with Gasteiger partial charge in [0.25, 0.3) is 0 Å². The molecule has 2 aliphatic heterocycles. The molecule has 2 aliphatic rings. The molecule has 3 heteroatoms. The van der Waals surface area contributed by atoms with Gasteiger partial charge in [-0.3, -0.25) is 4.90 Å². The van der Waals surface area contributed by atoms with Crippen molar-refractivity contribution in [2.75, 3.05) is 32.8 Å². The summed E-state index contributed by atoms with van der Waals surface area (Å²) in [5, 5.41) is 3.67. The van der Waals surface area contributed by atoms with E-state index in [2.05, 4.69) is 17.1 Å². The van der Waals surface area contributed by atoms with E-state index in [9.17, 15) is 0 Å². The molecule has 100 valence electrons. The van der Waals surface area contributed by atoms with Gasteiger partial charge < -0.3 is 10.1 Å². The van der Waals surface area contributed by atoms with Gasteiger partial charge in [-0.05, 0) is 45.2 Å². The minimum absolute atomic E-state index is 0.504. The predicted molar refractivity (Wildman–Crippen MR) is 71.3 cm³/mol. The van der Waals surface area contributed by atoms with Gasteiger partial charge in [0.15, 0.2) is 0 Å². The highest BCUT2D eigenvalue weighted by Gasteiger charge is 2.21. The second kappa shape index (κ2) is 7.34. The zero-order valence-electron chi connectivity index (χ0n) is 11.3. The minimum atomic E-state index is 0.504. The zero-order chi connectivity index (χ0) is 11.9. The lowest BCUT2D eigenvalue weighted by molar-refractivity contribution is -0.00593. The highest BCUT2D eigenvalue weighted by Crippen LogP contribution is 2.15. The Balaban J connectivity index is 1.77. The van der Waals surface area contributed by atoms with E-state index < -0.39 is 0 Å². The lowest BCUT2D eigenvalue weighted by Gasteiger charge is -2.30. The maximum Gasteiger partial charge on any atom is 0.0702 e. The van der Waals surface area contributed by atoms with Crippen molar-refractivity contribution in [3.63, 3.8) is 0 Å². The van der Waals surface area contributed by atoms with Crippen molar-refractivity contribution in [3.05, 3.63) is 0 Å². The van der Waals surface area contributed by atoms with Crippen LogP contribution in [0.3, 0.4) is 0 Å². The van der Waals surface area contributed by atoms with Crippen LogP contribution in [0.25, 0.3) is 0 Å². The van der Waals surface area contributed by atoms with Crippen LogP contribution in [-0.4, -0.2) is 49.8 Å². The highest BCUT2D eigenvalue weighted by molar-refractivity contribution is 4.78. The molecule has 2 saturated heterocycles. The van der Waals surface area contributed by atoms with E-state index in [1.54, 1.807) is 0 Å². The molecule has 0 radical (unpaired) electrons. The molecule has 0 aliphatic carbocycles. The lowest BCUT2D eigenvalue weighted by Crippen LogP contribution is -2.42. The third-order valence-electron chi connectivity index (χ3n) is 3.94. The molecule has 17 heavy (non-hydrogen) atoms. The molecule has 1 N–H and O–H groups in total. The highest BCUT2D eigenvalue weighted by atomic mass is 16.5. The largest absolute Gasteiger partial charge is 0.377 e. The van der Waals surface area contributed by atoms with Crippen LogP contribution in [0, 0.1) is 0 Å². The van der Waals surface area contributed by atoms with Gasteiger partial charge in [0.2, 0.25) is 0 Å². The minimum Gasteiger partial charge on any atom is -0.377 e. The molecule has 0 bridgehead atoms. The van der Waals surface area contributed by atoms with Gasteiger partial charge in [-0.25, -0.2) is 0 Å². The number of nitrogens with zero attached hydrogens (tertiary/aromatic N) is 1. The molecule has 0 amide bonds. The zero-order valence-corrected chi connectivity index (χ0v) is 11.3. The maximum absolute atomic E-state index is 5.85. The third-order valence-corrected chi connectivity index (χ3v) is 3.94. The summed E-state index contributed by atoms with van der Waals surface area (Å²) in [7, 11) is 0.